The Hall–Kier alpha value is -2.08. The Balaban J connectivity index is 1.86. The van der Waals surface area contributed by atoms with Crippen molar-refractivity contribution < 1.29 is 14.3 Å². The number of urea groups is 1. The van der Waals surface area contributed by atoms with Crippen molar-refractivity contribution in [3.05, 3.63) is 35.8 Å². The Morgan fingerprint density at radius 1 is 1.48 bits per heavy atom. The predicted octanol–water partition coefficient (Wildman–Crippen LogP) is 1.92. The Morgan fingerprint density at radius 2 is 2.29 bits per heavy atom. The van der Waals surface area contributed by atoms with Crippen LogP contribution in [0.15, 0.2) is 24.4 Å². The van der Waals surface area contributed by atoms with Crippen LogP contribution in [0.1, 0.15) is 18.9 Å². The van der Waals surface area contributed by atoms with Crippen LogP contribution in [0.3, 0.4) is 0 Å². The molecular weight excluding hydrogens is 273 g/mol. The number of rotatable bonds is 6. The van der Waals surface area contributed by atoms with Gasteiger partial charge >= 0.3 is 6.03 Å². The summed E-state index contributed by atoms with van der Waals surface area (Å²) < 4.78 is 13.1. The minimum atomic E-state index is -0.290. The molecule has 1 unspecified atom stereocenters. The molecule has 1 heterocycles. The summed E-state index contributed by atoms with van der Waals surface area (Å²) in [7, 11) is 0. The normalized spacial score (nSPS) is 12.3. The van der Waals surface area contributed by atoms with Gasteiger partial charge in [0.1, 0.15) is 5.82 Å². The van der Waals surface area contributed by atoms with E-state index >= 15 is 0 Å². The summed E-state index contributed by atoms with van der Waals surface area (Å²) in [6.07, 6.45) is 3.15. The van der Waals surface area contributed by atoms with Crippen molar-refractivity contribution in [2.75, 3.05) is 13.2 Å². The largest absolute Gasteiger partial charge is 0.394 e. The molecule has 1 aromatic heterocycles. The van der Waals surface area contributed by atoms with Crippen molar-refractivity contribution in [2.45, 2.75) is 25.8 Å². The van der Waals surface area contributed by atoms with Gasteiger partial charge in [-0.15, -0.1) is 0 Å². The topological polar surface area (TPSA) is 77.2 Å². The molecule has 0 saturated carbocycles. The third kappa shape index (κ3) is 3.95. The van der Waals surface area contributed by atoms with Gasteiger partial charge < -0.3 is 20.7 Å². The molecule has 114 valence electrons. The Morgan fingerprint density at radius 3 is 3.00 bits per heavy atom. The fourth-order valence-electron chi connectivity index (χ4n) is 2.19. The summed E-state index contributed by atoms with van der Waals surface area (Å²) >= 11 is 0. The number of carbonyl (C=O) groups is 1. The fraction of sp³-hybridized carbons (Fsp3) is 0.400. The predicted molar refractivity (Wildman–Crippen MR) is 79.7 cm³/mol. The summed E-state index contributed by atoms with van der Waals surface area (Å²) in [6.45, 7) is 2.29. The molecule has 0 radical (unpaired) electrons. The third-order valence-corrected chi connectivity index (χ3v) is 3.46. The fourth-order valence-corrected chi connectivity index (χ4v) is 2.19. The van der Waals surface area contributed by atoms with E-state index in [2.05, 4.69) is 15.6 Å². The molecule has 6 heteroatoms. The number of aromatic amines is 1. The summed E-state index contributed by atoms with van der Waals surface area (Å²) in [5.74, 6) is -0.275. The van der Waals surface area contributed by atoms with Gasteiger partial charge in [0, 0.05) is 23.6 Å². The summed E-state index contributed by atoms with van der Waals surface area (Å²) in [4.78, 5) is 14.6. The molecule has 5 nitrogen and oxygen atoms in total. The molecule has 0 aliphatic heterocycles. The van der Waals surface area contributed by atoms with Crippen molar-refractivity contribution in [3.8, 4) is 0 Å². The molecule has 21 heavy (non-hydrogen) atoms. The number of carbonyl (C=O) groups excluding carboxylic acids is 1. The molecule has 0 aliphatic rings. The van der Waals surface area contributed by atoms with Gasteiger partial charge in [0.2, 0.25) is 0 Å². The van der Waals surface area contributed by atoms with Crippen molar-refractivity contribution in [1.82, 2.24) is 15.6 Å². The van der Waals surface area contributed by atoms with E-state index in [1.807, 2.05) is 13.1 Å². The molecule has 0 bridgehead atoms. The van der Waals surface area contributed by atoms with Crippen molar-refractivity contribution >= 4 is 16.9 Å². The quantitative estimate of drug-likeness (QED) is 0.656. The average Bonchev–Trinajstić information content (AvgIpc) is 2.87. The van der Waals surface area contributed by atoms with Gasteiger partial charge in [-0.05, 0) is 36.6 Å². The van der Waals surface area contributed by atoms with E-state index in [-0.39, 0.29) is 24.5 Å². The van der Waals surface area contributed by atoms with E-state index in [0.717, 1.165) is 16.5 Å². The van der Waals surface area contributed by atoms with E-state index < -0.39 is 0 Å². The highest BCUT2D eigenvalue weighted by Gasteiger charge is 2.09. The lowest BCUT2D eigenvalue weighted by Crippen LogP contribution is -2.44. The standard InChI is InChI=1S/C15H20FN3O2/c1-2-12(9-20)19-15(21)17-6-5-10-8-18-14-7-11(16)3-4-13(10)14/h3-4,7-8,12,18,20H,2,5-6,9H2,1H3,(H2,17,19,21). The summed E-state index contributed by atoms with van der Waals surface area (Å²) in [5, 5.41) is 15.4. The van der Waals surface area contributed by atoms with E-state index in [4.69, 9.17) is 5.11 Å². The maximum Gasteiger partial charge on any atom is 0.315 e. The highest BCUT2D eigenvalue weighted by atomic mass is 19.1. The molecule has 0 spiro atoms. The van der Waals surface area contributed by atoms with Crippen LogP contribution in [0, 0.1) is 5.82 Å². The van der Waals surface area contributed by atoms with Gasteiger partial charge in [-0.2, -0.15) is 0 Å². The lowest BCUT2D eigenvalue weighted by molar-refractivity contribution is 0.214. The van der Waals surface area contributed by atoms with Gasteiger partial charge in [0.25, 0.3) is 0 Å². The lowest BCUT2D eigenvalue weighted by Gasteiger charge is -2.14. The number of aliphatic hydroxyl groups is 1. The summed E-state index contributed by atoms with van der Waals surface area (Å²) in [6, 6.07) is 4.09. The number of benzene rings is 1. The van der Waals surface area contributed by atoms with E-state index in [1.54, 1.807) is 6.07 Å². The van der Waals surface area contributed by atoms with Crippen LogP contribution in [0.5, 0.6) is 0 Å². The molecule has 1 atom stereocenters. The SMILES string of the molecule is CCC(CO)NC(=O)NCCc1c[nH]c2cc(F)ccc12. The lowest BCUT2D eigenvalue weighted by atomic mass is 10.1. The zero-order valence-corrected chi connectivity index (χ0v) is 11.9. The highest BCUT2D eigenvalue weighted by Crippen LogP contribution is 2.19. The number of amides is 2. The molecular formula is C15H20FN3O2. The maximum atomic E-state index is 13.1. The number of H-pyrrole nitrogens is 1. The number of nitrogens with one attached hydrogen (secondary N) is 3. The van der Waals surface area contributed by atoms with Gasteiger partial charge in [-0.25, -0.2) is 9.18 Å². The van der Waals surface area contributed by atoms with Gasteiger partial charge in [-0.3, -0.25) is 0 Å². The molecule has 2 rings (SSSR count). The van der Waals surface area contributed by atoms with Crippen molar-refractivity contribution in [3.63, 3.8) is 0 Å². The first-order chi connectivity index (χ1) is 10.1. The second-order valence-corrected chi connectivity index (χ2v) is 4.94. The number of halogens is 1. The maximum absolute atomic E-state index is 13.1. The monoisotopic (exact) mass is 293 g/mol. The minimum Gasteiger partial charge on any atom is -0.394 e. The zero-order valence-electron chi connectivity index (χ0n) is 11.9. The Bertz CT molecular complexity index is 608. The van der Waals surface area contributed by atoms with Gasteiger partial charge in [-0.1, -0.05) is 6.92 Å². The molecule has 0 saturated heterocycles. The van der Waals surface area contributed by atoms with E-state index in [9.17, 15) is 9.18 Å². The highest BCUT2D eigenvalue weighted by molar-refractivity contribution is 5.83. The van der Waals surface area contributed by atoms with Gasteiger partial charge in [0.15, 0.2) is 0 Å². The number of fused-ring (bicyclic) bond motifs is 1. The number of hydrogen-bond donors (Lipinski definition) is 4. The minimum absolute atomic E-state index is 0.0715. The van der Waals surface area contributed by atoms with E-state index in [1.165, 1.54) is 12.1 Å². The first-order valence-electron chi connectivity index (χ1n) is 7.04. The molecule has 0 aliphatic carbocycles. The summed E-state index contributed by atoms with van der Waals surface area (Å²) in [5.41, 5.74) is 1.78. The van der Waals surface area contributed by atoms with Crippen LogP contribution in [0.4, 0.5) is 9.18 Å². The number of aliphatic hydroxyl groups excluding tert-OH is 1. The Kier molecular flexibility index (Phi) is 5.16. The van der Waals surface area contributed by atoms with Crippen LogP contribution in [-0.2, 0) is 6.42 Å². The first-order valence-corrected chi connectivity index (χ1v) is 7.04. The average molecular weight is 293 g/mol. The zero-order chi connectivity index (χ0) is 15.2. The Labute approximate surface area is 122 Å². The van der Waals surface area contributed by atoms with Crippen molar-refractivity contribution in [1.29, 1.82) is 0 Å². The molecule has 2 aromatic rings. The van der Waals surface area contributed by atoms with Crippen LogP contribution in [0.2, 0.25) is 0 Å². The smallest absolute Gasteiger partial charge is 0.315 e. The van der Waals surface area contributed by atoms with Crippen LogP contribution in [0.25, 0.3) is 10.9 Å². The van der Waals surface area contributed by atoms with E-state index in [0.29, 0.717) is 19.4 Å². The second kappa shape index (κ2) is 7.08. The van der Waals surface area contributed by atoms with Crippen molar-refractivity contribution in [2.24, 2.45) is 0 Å². The number of hydrogen-bond acceptors (Lipinski definition) is 2. The first kappa shape index (κ1) is 15.3. The third-order valence-electron chi connectivity index (χ3n) is 3.46. The molecule has 2 amide bonds. The van der Waals surface area contributed by atoms with Crippen LogP contribution in [-0.4, -0.2) is 35.3 Å². The second-order valence-electron chi connectivity index (χ2n) is 4.94. The molecule has 4 N–H and O–H groups in total. The number of aromatic nitrogens is 1. The van der Waals surface area contributed by atoms with Gasteiger partial charge in [0.05, 0.1) is 12.6 Å². The van der Waals surface area contributed by atoms with Crippen LogP contribution >= 0.6 is 0 Å². The molecule has 0 fully saturated rings. The van der Waals surface area contributed by atoms with Crippen LogP contribution < -0.4 is 10.6 Å². The molecule has 1 aromatic carbocycles.